The molecule has 0 unspecified atom stereocenters. The highest BCUT2D eigenvalue weighted by atomic mass is 32.2. The van der Waals surface area contributed by atoms with E-state index in [0.717, 1.165) is 6.26 Å². The van der Waals surface area contributed by atoms with Gasteiger partial charge in [0.15, 0.2) is 9.84 Å². The molecule has 0 spiro atoms. The predicted octanol–water partition coefficient (Wildman–Crippen LogP) is 2.99. The molecule has 0 saturated carbocycles. The second-order valence-corrected chi connectivity index (χ2v) is 10.6. The Balaban J connectivity index is 2.53. The predicted molar refractivity (Wildman–Crippen MR) is 114 cm³/mol. The number of hydrogen-bond acceptors (Lipinski definition) is 5. The van der Waals surface area contributed by atoms with Crippen molar-refractivity contribution >= 4 is 31.5 Å². The first-order chi connectivity index (χ1) is 13.4. The molecule has 29 heavy (non-hydrogen) atoms. The number of rotatable bonds is 7. The van der Waals surface area contributed by atoms with Crippen LogP contribution < -0.4 is 5.32 Å². The highest BCUT2D eigenvalue weighted by Crippen LogP contribution is 2.27. The van der Waals surface area contributed by atoms with Crippen LogP contribution in [0.3, 0.4) is 0 Å². The fourth-order valence-electron chi connectivity index (χ4n) is 2.98. The average molecular weight is 439 g/mol. The molecule has 0 aliphatic heterocycles. The van der Waals surface area contributed by atoms with Gasteiger partial charge in [0.05, 0.1) is 15.4 Å². The Hall–Kier alpha value is -2.23. The molecular weight excluding hydrogens is 412 g/mol. The van der Waals surface area contributed by atoms with Crippen LogP contribution in [-0.4, -0.2) is 46.4 Å². The minimum atomic E-state index is -3.71. The third-order valence-electron chi connectivity index (χ3n) is 4.76. The van der Waals surface area contributed by atoms with Crippen molar-refractivity contribution in [2.24, 2.45) is 0 Å². The summed E-state index contributed by atoms with van der Waals surface area (Å²) in [6, 6.07) is 8.89. The summed E-state index contributed by atoms with van der Waals surface area (Å²) < 4.78 is 51.1. The quantitative estimate of drug-likeness (QED) is 0.716. The molecule has 0 aliphatic carbocycles. The maximum Gasteiger partial charge on any atom is 0.256 e. The van der Waals surface area contributed by atoms with Crippen molar-refractivity contribution in [1.29, 1.82) is 0 Å². The molecule has 0 aromatic heterocycles. The molecule has 0 fully saturated rings. The molecule has 7 nitrogen and oxygen atoms in total. The lowest BCUT2D eigenvalue weighted by Crippen LogP contribution is -2.30. The van der Waals surface area contributed by atoms with Gasteiger partial charge in [-0.05, 0) is 49.2 Å². The molecule has 0 bridgehead atoms. The molecule has 0 heterocycles. The molecule has 2 aromatic carbocycles. The fraction of sp³-hybridized carbons (Fsp3) is 0.350. The van der Waals surface area contributed by atoms with Crippen molar-refractivity contribution in [2.45, 2.75) is 37.5 Å². The summed E-state index contributed by atoms with van der Waals surface area (Å²) >= 11 is 0. The Bertz CT molecular complexity index is 1140. The number of nitrogens with one attached hydrogen (secondary N) is 1. The van der Waals surface area contributed by atoms with Gasteiger partial charge in [-0.25, -0.2) is 16.8 Å². The number of hydrogen-bond donors (Lipinski definition) is 1. The smallest absolute Gasteiger partial charge is 0.256 e. The summed E-state index contributed by atoms with van der Waals surface area (Å²) in [5.41, 5.74) is 1.73. The van der Waals surface area contributed by atoms with Gasteiger partial charge in [0.2, 0.25) is 10.0 Å². The Labute approximate surface area is 172 Å². The Morgan fingerprint density at radius 1 is 1.00 bits per heavy atom. The first-order valence-corrected chi connectivity index (χ1v) is 12.5. The van der Waals surface area contributed by atoms with Crippen molar-refractivity contribution in [3.8, 4) is 0 Å². The van der Waals surface area contributed by atoms with Crippen molar-refractivity contribution < 1.29 is 21.6 Å². The van der Waals surface area contributed by atoms with E-state index in [1.54, 1.807) is 45.9 Å². The Morgan fingerprint density at radius 2 is 1.59 bits per heavy atom. The zero-order chi connectivity index (χ0) is 22.0. The SMILES string of the molecule is CCN(CC)S(=O)(=O)c1cc(C)c(C)c(NC(=O)c2ccccc2S(C)(=O)=O)c1. The summed E-state index contributed by atoms with van der Waals surface area (Å²) in [7, 11) is -7.31. The normalized spacial score (nSPS) is 12.2. The van der Waals surface area contributed by atoms with Crippen LogP contribution >= 0.6 is 0 Å². The molecule has 0 atom stereocenters. The van der Waals surface area contributed by atoms with Crippen LogP contribution in [0.25, 0.3) is 0 Å². The van der Waals surface area contributed by atoms with E-state index in [9.17, 15) is 21.6 Å². The van der Waals surface area contributed by atoms with Gasteiger partial charge in [0, 0.05) is 25.0 Å². The van der Waals surface area contributed by atoms with Crippen molar-refractivity contribution in [3.63, 3.8) is 0 Å². The first-order valence-electron chi connectivity index (χ1n) is 9.15. The van der Waals surface area contributed by atoms with Crippen LogP contribution in [0.2, 0.25) is 0 Å². The lowest BCUT2D eigenvalue weighted by molar-refractivity contribution is 0.102. The van der Waals surface area contributed by atoms with Crippen molar-refractivity contribution in [1.82, 2.24) is 4.31 Å². The number of nitrogens with zero attached hydrogens (tertiary/aromatic N) is 1. The standard InChI is InChI=1S/C20H26N2O5S2/c1-6-22(7-2)29(26,27)16-12-14(3)15(4)18(13-16)21-20(23)17-10-8-9-11-19(17)28(5,24)25/h8-13H,6-7H2,1-5H3,(H,21,23). The highest BCUT2D eigenvalue weighted by molar-refractivity contribution is 7.90. The van der Waals surface area contributed by atoms with E-state index in [0.29, 0.717) is 29.9 Å². The second kappa shape index (κ2) is 8.64. The van der Waals surface area contributed by atoms with E-state index in [4.69, 9.17) is 0 Å². The van der Waals surface area contributed by atoms with Gasteiger partial charge in [0.1, 0.15) is 0 Å². The molecule has 2 rings (SSSR count). The number of carbonyl (C=O) groups is 1. The van der Waals surface area contributed by atoms with Crippen LogP contribution in [0.1, 0.15) is 35.3 Å². The second-order valence-electron chi connectivity index (χ2n) is 6.72. The Morgan fingerprint density at radius 3 is 2.14 bits per heavy atom. The van der Waals surface area contributed by atoms with E-state index < -0.39 is 25.8 Å². The summed E-state index contributed by atoms with van der Waals surface area (Å²) in [5.74, 6) is -0.620. The maximum atomic E-state index is 12.9. The average Bonchev–Trinajstić information content (AvgIpc) is 2.65. The van der Waals surface area contributed by atoms with Gasteiger partial charge in [-0.3, -0.25) is 4.79 Å². The molecule has 0 radical (unpaired) electrons. The van der Waals surface area contributed by atoms with Crippen LogP contribution in [0.15, 0.2) is 46.2 Å². The minimum absolute atomic E-state index is 0.00376. The van der Waals surface area contributed by atoms with Gasteiger partial charge in [-0.1, -0.05) is 26.0 Å². The van der Waals surface area contributed by atoms with Gasteiger partial charge in [0.25, 0.3) is 5.91 Å². The third-order valence-corrected chi connectivity index (χ3v) is 7.95. The molecule has 1 amide bonds. The molecule has 2 aromatic rings. The third kappa shape index (κ3) is 4.85. The van der Waals surface area contributed by atoms with E-state index >= 15 is 0 Å². The Kier molecular flexibility index (Phi) is 6.87. The van der Waals surface area contributed by atoms with Crippen molar-refractivity contribution in [2.75, 3.05) is 24.7 Å². The van der Waals surface area contributed by atoms with Crippen LogP contribution in [0.5, 0.6) is 0 Å². The minimum Gasteiger partial charge on any atom is -0.322 e. The zero-order valence-corrected chi connectivity index (χ0v) is 18.8. The van der Waals surface area contributed by atoms with E-state index in [-0.39, 0.29) is 15.4 Å². The monoisotopic (exact) mass is 438 g/mol. The summed E-state index contributed by atoms with van der Waals surface area (Å²) in [6.45, 7) is 7.70. The van der Waals surface area contributed by atoms with Gasteiger partial charge in [-0.15, -0.1) is 0 Å². The number of carbonyl (C=O) groups excluding carboxylic acids is 1. The lowest BCUT2D eigenvalue weighted by atomic mass is 10.1. The number of sulfone groups is 1. The van der Waals surface area contributed by atoms with Gasteiger partial charge in [-0.2, -0.15) is 4.31 Å². The topological polar surface area (TPSA) is 101 Å². The van der Waals surface area contributed by atoms with E-state index in [2.05, 4.69) is 5.32 Å². The number of amides is 1. The van der Waals surface area contributed by atoms with Crippen LogP contribution in [0.4, 0.5) is 5.69 Å². The molecule has 9 heteroatoms. The number of benzene rings is 2. The highest BCUT2D eigenvalue weighted by Gasteiger charge is 2.24. The lowest BCUT2D eigenvalue weighted by Gasteiger charge is -2.20. The molecular formula is C20H26N2O5S2. The van der Waals surface area contributed by atoms with Crippen molar-refractivity contribution in [3.05, 3.63) is 53.1 Å². The van der Waals surface area contributed by atoms with Gasteiger partial charge < -0.3 is 5.32 Å². The van der Waals surface area contributed by atoms with Gasteiger partial charge >= 0.3 is 0 Å². The largest absolute Gasteiger partial charge is 0.322 e. The number of sulfonamides is 1. The number of anilines is 1. The molecule has 0 saturated heterocycles. The fourth-order valence-corrected chi connectivity index (χ4v) is 5.44. The summed E-state index contributed by atoms with van der Waals surface area (Å²) in [5, 5.41) is 2.68. The number of aryl methyl sites for hydroxylation is 1. The zero-order valence-electron chi connectivity index (χ0n) is 17.2. The first kappa shape index (κ1) is 23.1. The van der Waals surface area contributed by atoms with Crippen LogP contribution in [0, 0.1) is 13.8 Å². The molecule has 0 aliphatic rings. The summed E-state index contributed by atoms with van der Waals surface area (Å²) in [4.78, 5) is 12.8. The summed E-state index contributed by atoms with van der Waals surface area (Å²) in [6.07, 6.45) is 1.03. The van der Waals surface area contributed by atoms with Crippen LogP contribution in [-0.2, 0) is 19.9 Å². The maximum absolute atomic E-state index is 12.9. The molecule has 158 valence electrons. The van der Waals surface area contributed by atoms with E-state index in [1.165, 1.54) is 22.5 Å². The molecule has 1 N–H and O–H groups in total. The van der Waals surface area contributed by atoms with E-state index in [1.807, 2.05) is 0 Å².